The number of hydrogen-bond donors (Lipinski definition) is 3. The van der Waals surface area contributed by atoms with Gasteiger partial charge in [-0.25, -0.2) is 13.6 Å². The molecular weight excluding hydrogens is 286 g/mol. The van der Waals surface area contributed by atoms with Crippen molar-refractivity contribution in [3.63, 3.8) is 0 Å². The van der Waals surface area contributed by atoms with Crippen molar-refractivity contribution in [3.8, 4) is 0 Å². The average molecular weight is 300 g/mol. The first-order valence-corrected chi connectivity index (χ1v) is 6.04. The van der Waals surface area contributed by atoms with E-state index in [1.807, 2.05) is 0 Å². The number of primary amides is 1. The fourth-order valence-corrected chi connectivity index (χ4v) is 1.65. The first-order chi connectivity index (χ1) is 9.81. The summed E-state index contributed by atoms with van der Waals surface area (Å²) < 4.78 is 26.4. The number of rotatable bonds is 7. The van der Waals surface area contributed by atoms with Gasteiger partial charge in [0.2, 0.25) is 11.8 Å². The highest BCUT2D eigenvalue weighted by atomic mass is 19.2. The van der Waals surface area contributed by atoms with E-state index in [1.165, 1.54) is 12.1 Å². The average Bonchev–Trinajstić information content (AvgIpc) is 2.39. The molecule has 1 aromatic rings. The zero-order chi connectivity index (χ0) is 16.0. The Bertz CT molecular complexity index is 563. The van der Waals surface area contributed by atoms with Gasteiger partial charge in [0, 0.05) is 12.0 Å². The van der Waals surface area contributed by atoms with Crippen LogP contribution in [-0.4, -0.2) is 28.9 Å². The molecular formula is C13H14F2N2O4. The van der Waals surface area contributed by atoms with Gasteiger partial charge < -0.3 is 16.2 Å². The van der Waals surface area contributed by atoms with Crippen molar-refractivity contribution in [3.05, 3.63) is 35.4 Å². The highest BCUT2D eigenvalue weighted by Crippen LogP contribution is 2.12. The van der Waals surface area contributed by atoms with Gasteiger partial charge in [0.05, 0.1) is 6.42 Å². The molecule has 0 aliphatic rings. The number of carbonyl (C=O) groups is 3. The van der Waals surface area contributed by atoms with Gasteiger partial charge in [-0.2, -0.15) is 0 Å². The first-order valence-electron chi connectivity index (χ1n) is 6.04. The van der Waals surface area contributed by atoms with Gasteiger partial charge in [-0.3, -0.25) is 9.59 Å². The van der Waals surface area contributed by atoms with Crippen molar-refractivity contribution in [2.24, 2.45) is 5.73 Å². The molecule has 0 aliphatic heterocycles. The van der Waals surface area contributed by atoms with Crippen LogP contribution in [0.1, 0.15) is 18.4 Å². The van der Waals surface area contributed by atoms with Gasteiger partial charge in [-0.15, -0.1) is 0 Å². The maximum absolute atomic E-state index is 13.4. The first kappa shape index (κ1) is 16.5. The summed E-state index contributed by atoms with van der Waals surface area (Å²) in [5, 5.41) is 11.0. The SMILES string of the molecule is NC(=O)CCC(NC(=O)Cc1cccc(F)c1F)C(=O)O. The molecule has 0 saturated carbocycles. The lowest BCUT2D eigenvalue weighted by atomic mass is 10.1. The van der Waals surface area contributed by atoms with Gasteiger partial charge in [-0.1, -0.05) is 12.1 Å². The number of nitrogens with one attached hydrogen (secondary N) is 1. The van der Waals surface area contributed by atoms with Crippen LogP contribution in [-0.2, 0) is 20.8 Å². The van der Waals surface area contributed by atoms with Crippen LogP contribution in [0.5, 0.6) is 0 Å². The topological polar surface area (TPSA) is 109 Å². The molecule has 0 fully saturated rings. The number of aliphatic carboxylic acids is 1. The summed E-state index contributed by atoms with van der Waals surface area (Å²) in [7, 11) is 0. The van der Waals surface area contributed by atoms with Gasteiger partial charge in [0.25, 0.3) is 0 Å². The molecule has 0 aromatic heterocycles. The van der Waals surface area contributed by atoms with Gasteiger partial charge in [0.1, 0.15) is 6.04 Å². The minimum absolute atomic E-state index is 0.179. The predicted molar refractivity (Wildman–Crippen MR) is 68.1 cm³/mol. The van der Waals surface area contributed by atoms with Crippen LogP contribution in [0.2, 0.25) is 0 Å². The molecule has 0 aliphatic carbocycles. The number of carboxylic acids is 1. The van der Waals surface area contributed by atoms with E-state index in [4.69, 9.17) is 10.8 Å². The standard InChI is InChI=1S/C13H14F2N2O4/c14-8-3-1-2-7(12(8)15)6-11(19)17-9(13(20)21)4-5-10(16)18/h1-3,9H,4-6H2,(H2,16,18)(H,17,19)(H,20,21). The van der Waals surface area contributed by atoms with Crippen molar-refractivity contribution in [1.29, 1.82) is 0 Å². The molecule has 0 radical (unpaired) electrons. The van der Waals surface area contributed by atoms with Crippen LogP contribution in [0.3, 0.4) is 0 Å². The fraction of sp³-hybridized carbons (Fsp3) is 0.308. The summed E-state index contributed by atoms with van der Waals surface area (Å²) in [5.74, 6) is -5.09. The largest absolute Gasteiger partial charge is 0.480 e. The lowest BCUT2D eigenvalue weighted by Gasteiger charge is -2.14. The van der Waals surface area contributed by atoms with Crippen LogP contribution in [0.4, 0.5) is 8.78 Å². The molecule has 1 rings (SSSR count). The van der Waals surface area contributed by atoms with Crippen LogP contribution < -0.4 is 11.1 Å². The smallest absolute Gasteiger partial charge is 0.326 e. The Kier molecular flexibility index (Phi) is 5.77. The minimum Gasteiger partial charge on any atom is -0.480 e. The summed E-state index contributed by atoms with van der Waals surface area (Å²) >= 11 is 0. The third-order valence-electron chi connectivity index (χ3n) is 2.70. The lowest BCUT2D eigenvalue weighted by molar-refractivity contribution is -0.142. The highest BCUT2D eigenvalue weighted by Gasteiger charge is 2.21. The summed E-state index contributed by atoms with van der Waals surface area (Å²) in [6, 6.07) is 2.05. The monoisotopic (exact) mass is 300 g/mol. The Morgan fingerprint density at radius 3 is 2.52 bits per heavy atom. The number of hydrogen-bond acceptors (Lipinski definition) is 3. The molecule has 1 atom stereocenters. The summed E-state index contributed by atoms with van der Waals surface area (Å²) in [4.78, 5) is 33.2. The molecule has 21 heavy (non-hydrogen) atoms. The van der Waals surface area contributed by atoms with Crippen molar-refractivity contribution < 1.29 is 28.3 Å². The van der Waals surface area contributed by atoms with E-state index in [9.17, 15) is 23.2 Å². The van der Waals surface area contributed by atoms with Crippen LogP contribution >= 0.6 is 0 Å². The fourth-order valence-electron chi connectivity index (χ4n) is 1.65. The molecule has 0 bridgehead atoms. The second-order valence-electron chi connectivity index (χ2n) is 4.35. The van der Waals surface area contributed by atoms with E-state index in [0.29, 0.717) is 0 Å². The van der Waals surface area contributed by atoms with E-state index in [1.54, 1.807) is 0 Å². The summed E-state index contributed by atoms with van der Waals surface area (Å²) in [6.07, 6.45) is -0.905. The Labute approximate surface area is 118 Å². The molecule has 6 nitrogen and oxygen atoms in total. The Hall–Kier alpha value is -2.51. The van der Waals surface area contributed by atoms with Crippen molar-refractivity contribution >= 4 is 17.8 Å². The van der Waals surface area contributed by atoms with Gasteiger partial charge in [0.15, 0.2) is 11.6 Å². The molecule has 1 unspecified atom stereocenters. The molecule has 2 amide bonds. The third-order valence-corrected chi connectivity index (χ3v) is 2.70. The zero-order valence-corrected chi connectivity index (χ0v) is 10.9. The molecule has 0 heterocycles. The predicted octanol–water partition coefficient (Wildman–Crippen LogP) is 0.342. The van der Waals surface area contributed by atoms with E-state index in [2.05, 4.69) is 5.32 Å². The summed E-state index contributed by atoms with van der Waals surface area (Å²) in [5.41, 5.74) is 4.71. The number of amides is 2. The van der Waals surface area contributed by atoms with E-state index in [-0.39, 0.29) is 18.4 Å². The van der Waals surface area contributed by atoms with Crippen LogP contribution in [0, 0.1) is 11.6 Å². The minimum atomic E-state index is -1.34. The van der Waals surface area contributed by atoms with Crippen molar-refractivity contribution in [2.75, 3.05) is 0 Å². The maximum Gasteiger partial charge on any atom is 0.326 e. The second-order valence-corrected chi connectivity index (χ2v) is 4.35. The van der Waals surface area contributed by atoms with Gasteiger partial charge in [-0.05, 0) is 12.5 Å². The second kappa shape index (κ2) is 7.32. The third kappa shape index (κ3) is 5.17. The maximum atomic E-state index is 13.4. The van der Waals surface area contributed by atoms with Crippen molar-refractivity contribution in [1.82, 2.24) is 5.32 Å². The number of carboxylic acid groups (broad SMARTS) is 1. The normalized spacial score (nSPS) is 11.7. The van der Waals surface area contributed by atoms with Crippen LogP contribution in [0.25, 0.3) is 0 Å². The quantitative estimate of drug-likeness (QED) is 0.674. The lowest BCUT2D eigenvalue weighted by Crippen LogP contribution is -2.42. The molecule has 0 spiro atoms. The molecule has 4 N–H and O–H groups in total. The van der Waals surface area contributed by atoms with E-state index >= 15 is 0 Å². The summed E-state index contributed by atoms with van der Waals surface area (Å²) in [6.45, 7) is 0. The number of nitrogens with two attached hydrogens (primary N) is 1. The molecule has 8 heteroatoms. The Morgan fingerprint density at radius 1 is 1.29 bits per heavy atom. The zero-order valence-electron chi connectivity index (χ0n) is 10.9. The molecule has 0 saturated heterocycles. The van der Waals surface area contributed by atoms with E-state index < -0.39 is 41.9 Å². The highest BCUT2D eigenvalue weighted by molar-refractivity contribution is 5.85. The number of benzene rings is 1. The Balaban J connectivity index is 2.67. The Morgan fingerprint density at radius 2 is 1.95 bits per heavy atom. The molecule has 1 aromatic carbocycles. The van der Waals surface area contributed by atoms with E-state index in [0.717, 1.165) is 6.07 Å². The van der Waals surface area contributed by atoms with Crippen molar-refractivity contribution in [2.45, 2.75) is 25.3 Å². The molecule has 114 valence electrons. The number of carbonyl (C=O) groups excluding carboxylic acids is 2. The van der Waals surface area contributed by atoms with Crippen LogP contribution in [0.15, 0.2) is 18.2 Å². The number of halogens is 2. The van der Waals surface area contributed by atoms with Gasteiger partial charge >= 0.3 is 5.97 Å².